The first-order valence-corrected chi connectivity index (χ1v) is 9.63. The first-order chi connectivity index (χ1) is 13.7. The van der Waals surface area contributed by atoms with Gasteiger partial charge in [0.05, 0.1) is 23.0 Å². The zero-order valence-corrected chi connectivity index (χ0v) is 16.9. The third-order valence-corrected chi connectivity index (χ3v) is 4.39. The molecule has 0 unspecified atom stereocenters. The molecule has 3 aromatic rings. The number of hydrogen-bond acceptors (Lipinski definition) is 6. The normalized spacial score (nSPS) is 11.6. The first kappa shape index (κ1) is 20.6. The van der Waals surface area contributed by atoms with Crippen molar-refractivity contribution in [3.63, 3.8) is 0 Å². The summed E-state index contributed by atoms with van der Waals surface area (Å²) in [6.07, 6.45) is 1.01. The minimum atomic E-state index is -0.916. The fourth-order valence-corrected chi connectivity index (χ4v) is 3.05. The molecule has 8 heteroatoms. The molecule has 0 aliphatic carbocycles. The third kappa shape index (κ3) is 5.45. The number of hydrogen-bond donors (Lipinski definition) is 1. The molecule has 0 atom stereocenters. The van der Waals surface area contributed by atoms with E-state index in [-0.39, 0.29) is 11.1 Å². The van der Waals surface area contributed by atoms with Gasteiger partial charge in [0.2, 0.25) is 5.13 Å². The van der Waals surface area contributed by atoms with Gasteiger partial charge in [0.1, 0.15) is 17.2 Å². The molecule has 0 amide bonds. The second kappa shape index (κ2) is 8.48. The van der Waals surface area contributed by atoms with Gasteiger partial charge < -0.3 is 4.74 Å². The Bertz CT molecular complexity index is 1020. The van der Waals surface area contributed by atoms with Gasteiger partial charge in [-0.05, 0) is 32.9 Å². The van der Waals surface area contributed by atoms with Crippen molar-refractivity contribution in [2.75, 3.05) is 5.43 Å². The molecule has 0 saturated carbocycles. The van der Waals surface area contributed by atoms with Crippen LogP contribution in [0.25, 0.3) is 11.3 Å². The number of ether oxygens (including phenoxy) is 1. The van der Waals surface area contributed by atoms with Crippen LogP contribution in [0.3, 0.4) is 0 Å². The zero-order chi connectivity index (χ0) is 21.0. The number of aromatic nitrogens is 1. The lowest BCUT2D eigenvalue weighted by molar-refractivity contribution is 0.00684. The Labute approximate surface area is 171 Å². The molecule has 0 fully saturated rings. The number of thiazole rings is 1. The molecule has 0 radical (unpaired) electrons. The van der Waals surface area contributed by atoms with E-state index in [0.29, 0.717) is 5.13 Å². The molecule has 150 valence electrons. The van der Waals surface area contributed by atoms with E-state index in [4.69, 9.17) is 4.74 Å². The number of esters is 1. The summed E-state index contributed by atoms with van der Waals surface area (Å²) in [5, 5.41) is 6.18. The maximum absolute atomic E-state index is 14.3. The number of rotatable bonds is 5. The lowest BCUT2D eigenvalue weighted by atomic mass is 10.1. The number of hydrazone groups is 1. The molecule has 2 aromatic carbocycles. The maximum atomic E-state index is 14.3. The quantitative estimate of drug-likeness (QED) is 0.340. The Morgan fingerprint density at radius 2 is 1.83 bits per heavy atom. The van der Waals surface area contributed by atoms with E-state index in [1.54, 1.807) is 20.8 Å². The van der Waals surface area contributed by atoms with Gasteiger partial charge in [-0.15, -0.1) is 11.3 Å². The highest BCUT2D eigenvalue weighted by Crippen LogP contribution is 2.24. The van der Waals surface area contributed by atoms with Crippen LogP contribution >= 0.6 is 11.3 Å². The molecule has 0 saturated heterocycles. The highest BCUT2D eigenvalue weighted by atomic mass is 32.1. The van der Waals surface area contributed by atoms with Crippen LogP contribution in [0.1, 0.15) is 36.7 Å². The topological polar surface area (TPSA) is 63.6 Å². The van der Waals surface area contributed by atoms with Crippen molar-refractivity contribution in [1.29, 1.82) is 0 Å². The van der Waals surface area contributed by atoms with Crippen molar-refractivity contribution >= 4 is 28.7 Å². The van der Waals surface area contributed by atoms with Crippen molar-refractivity contribution in [2.45, 2.75) is 26.4 Å². The lowest BCUT2D eigenvalue weighted by Gasteiger charge is -2.19. The van der Waals surface area contributed by atoms with Crippen LogP contribution in [0.5, 0.6) is 0 Å². The molecule has 1 aromatic heterocycles. The lowest BCUT2D eigenvalue weighted by Crippen LogP contribution is -2.24. The summed E-state index contributed by atoms with van der Waals surface area (Å²) < 4.78 is 33.7. The molecule has 1 N–H and O–H groups in total. The number of carbonyl (C=O) groups excluding carboxylic acids is 1. The second-order valence-corrected chi connectivity index (χ2v) is 7.99. The largest absolute Gasteiger partial charge is 0.456 e. The van der Waals surface area contributed by atoms with Crippen LogP contribution in [-0.2, 0) is 4.74 Å². The summed E-state index contributed by atoms with van der Waals surface area (Å²) in [4.78, 5) is 16.4. The monoisotopic (exact) mass is 415 g/mol. The minimum Gasteiger partial charge on any atom is -0.456 e. The van der Waals surface area contributed by atoms with Gasteiger partial charge in [0, 0.05) is 10.9 Å². The van der Waals surface area contributed by atoms with Crippen LogP contribution in [0, 0.1) is 11.6 Å². The average molecular weight is 415 g/mol. The van der Waals surface area contributed by atoms with E-state index < -0.39 is 23.2 Å². The summed E-state index contributed by atoms with van der Waals surface area (Å²) in [7, 11) is 0. The number of nitrogens with zero attached hydrogens (tertiary/aromatic N) is 2. The average Bonchev–Trinajstić information content (AvgIpc) is 3.12. The van der Waals surface area contributed by atoms with E-state index in [2.05, 4.69) is 15.5 Å². The minimum absolute atomic E-state index is 0.201. The van der Waals surface area contributed by atoms with Crippen LogP contribution in [0.15, 0.2) is 52.9 Å². The fourth-order valence-electron chi connectivity index (χ4n) is 2.38. The summed E-state index contributed by atoms with van der Waals surface area (Å²) >= 11 is 1.31. The molecule has 1 heterocycles. The van der Waals surface area contributed by atoms with Crippen LogP contribution in [0.4, 0.5) is 13.9 Å². The van der Waals surface area contributed by atoms with E-state index in [1.165, 1.54) is 11.3 Å². The van der Waals surface area contributed by atoms with E-state index in [1.807, 2.05) is 35.7 Å². The predicted molar refractivity (Wildman–Crippen MR) is 110 cm³/mol. The number of halogens is 2. The Hall–Kier alpha value is -3.13. The zero-order valence-electron chi connectivity index (χ0n) is 16.1. The molecule has 0 spiro atoms. The number of benzene rings is 2. The second-order valence-electron chi connectivity index (χ2n) is 7.13. The van der Waals surface area contributed by atoms with Crippen molar-refractivity contribution in [1.82, 2.24) is 4.98 Å². The molecular weight excluding hydrogens is 396 g/mol. The number of anilines is 1. The van der Waals surface area contributed by atoms with E-state index in [0.717, 1.165) is 29.6 Å². The highest BCUT2D eigenvalue weighted by molar-refractivity contribution is 7.14. The SMILES string of the molecule is CC(C)(C)OC(=O)c1cc(F)c(C=NNc2nc(-c3ccccc3)cs2)c(F)c1. The van der Waals surface area contributed by atoms with Crippen molar-refractivity contribution in [3.05, 3.63) is 70.6 Å². The van der Waals surface area contributed by atoms with Gasteiger partial charge in [-0.3, -0.25) is 5.43 Å². The summed E-state index contributed by atoms with van der Waals surface area (Å²) in [5.74, 6) is -2.63. The standard InChI is InChI=1S/C21H19F2N3O2S/c1-21(2,3)28-19(27)14-9-16(22)15(17(23)10-14)11-24-26-20-25-18(12-29-20)13-7-5-4-6-8-13/h4-12H,1-3H3,(H,25,26). The van der Waals surface area contributed by atoms with E-state index >= 15 is 0 Å². The van der Waals surface area contributed by atoms with Crippen LogP contribution in [0.2, 0.25) is 0 Å². The van der Waals surface area contributed by atoms with Gasteiger partial charge in [-0.25, -0.2) is 18.6 Å². The predicted octanol–water partition coefficient (Wildman–Crippen LogP) is 5.49. The summed E-state index contributed by atoms with van der Waals surface area (Å²) in [6.45, 7) is 5.02. The van der Waals surface area contributed by atoms with Crippen molar-refractivity contribution in [2.24, 2.45) is 5.10 Å². The number of carbonyl (C=O) groups is 1. The van der Waals surface area contributed by atoms with Crippen LogP contribution in [-0.4, -0.2) is 22.8 Å². The molecule has 3 rings (SSSR count). The Balaban J connectivity index is 1.71. The molecule has 29 heavy (non-hydrogen) atoms. The highest BCUT2D eigenvalue weighted by Gasteiger charge is 2.20. The van der Waals surface area contributed by atoms with Gasteiger partial charge in [-0.2, -0.15) is 5.10 Å². The molecular formula is C21H19F2N3O2S. The van der Waals surface area contributed by atoms with Gasteiger partial charge in [0.25, 0.3) is 0 Å². The summed E-state index contributed by atoms with van der Waals surface area (Å²) in [6, 6.07) is 11.4. The van der Waals surface area contributed by atoms with Gasteiger partial charge in [0.15, 0.2) is 0 Å². The number of nitrogens with one attached hydrogen (secondary N) is 1. The summed E-state index contributed by atoms with van der Waals surface area (Å²) in [5.41, 5.74) is 3.05. The van der Waals surface area contributed by atoms with Gasteiger partial charge >= 0.3 is 5.97 Å². The molecule has 0 aliphatic rings. The van der Waals surface area contributed by atoms with Gasteiger partial charge in [-0.1, -0.05) is 30.3 Å². The Morgan fingerprint density at radius 1 is 1.17 bits per heavy atom. The fraction of sp³-hybridized carbons (Fsp3) is 0.190. The first-order valence-electron chi connectivity index (χ1n) is 8.75. The Morgan fingerprint density at radius 3 is 2.45 bits per heavy atom. The van der Waals surface area contributed by atoms with E-state index in [9.17, 15) is 13.6 Å². The maximum Gasteiger partial charge on any atom is 0.338 e. The van der Waals surface area contributed by atoms with Crippen LogP contribution < -0.4 is 5.43 Å². The smallest absolute Gasteiger partial charge is 0.338 e. The van der Waals surface area contributed by atoms with Crippen molar-refractivity contribution in [3.8, 4) is 11.3 Å². The third-order valence-electron chi connectivity index (χ3n) is 3.64. The Kier molecular flexibility index (Phi) is 6.03. The molecule has 0 aliphatic heterocycles. The van der Waals surface area contributed by atoms with Crippen molar-refractivity contribution < 1.29 is 18.3 Å². The molecule has 0 bridgehead atoms. The molecule has 5 nitrogen and oxygen atoms in total.